The van der Waals surface area contributed by atoms with Crippen molar-refractivity contribution >= 4 is 41.6 Å². The van der Waals surface area contributed by atoms with Gasteiger partial charge in [0.15, 0.2) is 0 Å². The lowest BCUT2D eigenvalue weighted by Gasteiger charge is -2.27. The summed E-state index contributed by atoms with van der Waals surface area (Å²) in [5.41, 5.74) is 0.860. The standard InChI is InChI=1S/C13H15BrClNO3S/c1-9-11(14)7-10(8-12(9)20(15,18)19)13(17)16-5-3-2-4-6-16/h7-8H,2-6H2,1H3. The minimum absolute atomic E-state index is 0.0195. The maximum atomic E-state index is 12.4. The summed E-state index contributed by atoms with van der Waals surface area (Å²) < 4.78 is 23.7. The van der Waals surface area contributed by atoms with Crippen molar-refractivity contribution in [2.45, 2.75) is 31.1 Å². The van der Waals surface area contributed by atoms with Crippen LogP contribution in [-0.4, -0.2) is 32.3 Å². The van der Waals surface area contributed by atoms with Crippen LogP contribution in [0.4, 0.5) is 0 Å². The molecule has 1 heterocycles. The molecule has 0 spiro atoms. The molecule has 20 heavy (non-hydrogen) atoms. The van der Waals surface area contributed by atoms with Gasteiger partial charge in [0.1, 0.15) is 0 Å². The van der Waals surface area contributed by atoms with Crippen molar-refractivity contribution in [2.75, 3.05) is 13.1 Å². The van der Waals surface area contributed by atoms with E-state index in [-0.39, 0.29) is 10.8 Å². The quantitative estimate of drug-likeness (QED) is 0.740. The van der Waals surface area contributed by atoms with E-state index in [4.69, 9.17) is 10.7 Å². The van der Waals surface area contributed by atoms with Crippen LogP contribution < -0.4 is 0 Å². The third-order valence-electron chi connectivity index (χ3n) is 3.45. The molecule has 0 unspecified atom stereocenters. The first-order valence-corrected chi connectivity index (χ1v) is 9.45. The number of benzene rings is 1. The zero-order chi connectivity index (χ0) is 14.9. The number of carbonyl (C=O) groups is 1. The van der Waals surface area contributed by atoms with Crippen molar-refractivity contribution in [3.63, 3.8) is 0 Å². The summed E-state index contributed by atoms with van der Waals surface area (Å²) in [6.45, 7) is 3.08. The Kier molecular flexibility index (Phi) is 4.76. The summed E-state index contributed by atoms with van der Waals surface area (Å²) in [6.07, 6.45) is 3.10. The SMILES string of the molecule is Cc1c(Br)cc(C(=O)N2CCCCC2)cc1S(=O)(=O)Cl. The molecular weight excluding hydrogens is 366 g/mol. The molecular formula is C13H15BrClNO3S. The van der Waals surface area contributed by atoms with E-state index in [2.05, 4.69) is 15.9 Å². The third kappa shape index (κ3) is 3.35. The van der Waals surface area contributed by atoms with Crippen LogP contribution in [0.25, 0.3) is 0 Å². The number of halogens is 2. The number of carbonyl (C=O) groups excluding carboxylic acids is 1. The van der Waals surface area contributed by atoms with E-state index in [1.54, 1.807) is 17.9 Å². The molecule has 0 bridgehead atoms. The Bertz CT molecular complexity index is 639. The average Bonchev–Trinajstić information content (AvgIpc) is 2.40. The minimum atomic E-state index is -3.87. The van der Waals surface area contributed by atoms with Crippen molar-refractivity contribution in [3.05, 3.63) is 27.7 Å². The van der Waals surface area contributed by atoms with Gasteiger partial charge in [0.25, 0.3) is 15.0 Å². The molecule has 7 heteroatoms. The van der Waals surface area contributed by atoms with Crippen LogP contribution in [-0.2, 0) is 9.05 Å². The van der Waals surface area contributed by atoms with Gasteiger partial charge in [-0.05, 0) is 43.9 Å². The van der Waals surface area contributed by atoms with Gasteiger partial charge in [0.2, 0.25) is 0 Å². The Morgan fingerprint density at radius 3 is 2.40 bits per heavy atom. The van der Waals surface area contributed by atoms with Gasteiger partial charge in [-0.3, -0.25) is 4.79 Å². The Morgan fingerprint density at radius 2 is 1.85 bits per heavy atom. The fourth-order valence-electron chi connectivity index (χ4n) is 2.31. The summed E-state index contributed by atoms with van der Waals surface area (Å²) in [4.78, 5) is 14.1. The Labute approximate surface area is 131 Å². The van der Waals surface area contributed by atoms with Crippen molar-refractivity contribution in [2.24, 2.45) is 0 Å². The lowest BCUT2D eigenvalue weighted by Crippen LogP contribution is -2.35. The van der Waals surface area contributed by atoms with Gasteiger partial charge in [-0.2, -0.15) is 0 Å². The van der Waals surface area contributed by atoms with Crippen LogP contribution >= 0.6 is 26.6 Å². The number of amides is 1. The second-order valence-corrected chi connectivity index (χ2v) is 8.26. The van der Waals surface area contributed by atoms with Gasteiger partial charge < -0.3 is 4.90 Å². The number of rotatable bonds is 2. The molecule has 1 aliphatic rings. The average molecular weight is 381 g/mol. The monoisotopic (exact) mass is 379 g/mol. The smallest absolute Gasteiger partial charge is 0.261 e. The van der Waals surface area contributed by atoms with Gasteiger partial charge in [0, 0.05) is 33.8 Å². The van der Waals surface area contributed by atoms with E-state index in [1.807, 2.05) is 0 Å². The molecule has 0 saturated carbocycles. The van der Waals surface area contributed by atoms with E-state index < -0.39 is 9.05 Å². The highest BCUT2D eigenvalue weighted by Crippen LogP contribution is 2.29. The molecule has 1 aromatic carbocycles. The number of nitrogens with zero attached hydrogens (tertiary/aromatic N) is 1. The van der Waals surface area contributed by atoms with Crippen LogP contribution in [0.5, 0.6) is 0 Å². The van der Waals surface area contributed by atoms with E-state index in [1.165, 1.54) is 6.07 Å². The zero-order valence-electron chi connectivity index (χ0n) is 11.0. The van der Waals surface area contributed by atoms with Crippen molar-refractivity contribution in [1.82, 2.24) is 4.90 Å². The first-order chi connectivity index (χ1) is 9.30. The Hall–Kier alpha value is -0.590. The molecule has 0 N–H and O–H groups in total. The zero-order valence-corrected chi connectivity index (χ0v) is 14.2. The molecule has 0 aromatic heterocycles. The van der Waals surface area contributed by atoms with E-state index in [0.717, 1.165) is 19.3 Å². The van der Waals surface area contributed by atoms with Gasteiger partial charge in [-0.25, -0.2) is 8.42 Å². The first-order valence-electron chi connectivity index (χ1n) is 6.35. The maximum Gasteiger partial charge on any atom is 0.261 e. The molecule has 1 amide bonds. The number of piperidine rings is 1. The molecule has 0 atom stereocenters. The maximum absolute atomic E-state index is 12.4. The predicted octanol–water partition coefficient (Wildman–Crippen LogP) is 3.31. The van der Waals surface area contributed by atoms with E-state index in [9.17, 15) is 13.2 Å². The molecule has 0 radical (unpaired) electrons. The minimum Gasteiger partial charge on any atom is -0.339 e. The molecule has 1 aromatic rings. The summed E-state index contributed by atoms with van der Waals surface area (Å²) in [6, 6.07) is 3.01. The fourth-order valence-corrected chi connectivity index (χ4v) is 4.13. The topological polar surface area (TPSA) is 54.5 Å². The van der Waals surface area contributed by atoms with Crippen LogP contribution in [0, 0.1) is 6.92 Å². The molecule has 0 aliphatic carbocycles. The van der Waals surface area contributed by atoms with Crippen molar-refractivity contribution < 1.29 is 13.2 Å². The summed E-state index contributed by atoms with van der Waals surface area (Å²) >= 11 is 3.29. The Balaban J connectivity index is 2.42. The summed E-state index contributed by atoms with van der Waals surface area (Å²) in [7, 11) is 1.55. The highest BCUT2D eigenvalue weighted by molar-refractivity contribution is 9.10. The number of hydrogen-bond acceptors (Lipinski definition) is 3. The second kappa shape index (κ2) is 6.03. The highest BCUT2D eigenvalue weighted by atomic mass is 79.9. The van der Waals surface area contributed by atoms with Gasteiger partial charge in [0.05, 0.1) is 4.90 Å². The second-order valence-electron chi connectivity index (χ2n) is 4.87. The number of likely N-dealkylation sites (tertiary alicyclic amines) is 1. The summed E-state index contributed by atoms with van der Waals surface area (Å²) in [5, 5.41) is 0. The van der Waals surface area contributed by atoms with Crippen LogP contribution in [0.3, 0.4) is 0 Å². The third-order valence-corrected chi connectivity index (χ3v) is 5.72. The molecule has 2 rings (SSSR count). The van der Waals surface area contributed by atoms with Crippen LogP contribution in [0.15, 0.2) is 21.5 Å². The van der Waals surface area contributed by atoms with Gasteiger partial charge >= 0.3 is 0 Å². The molecule has 4 nitrogen and oxygen atoms in total. The van der Waals surface area contributed by atoms with Gasteiger partial charge in [-0.1, -0.05) is 15.9 Å². The molecule has 1 aliphatic heterocycles. The largest absolute Gasteiger partial charge is 0.339 e. The predicted molar refractivity (Wildman–Crippen MR) is 81.7 cm³/mol. The number of hydrogen-bond donors (Lipinski definition) is 0. The summed E-state index contributed by atoms with van der Waals surface area (Å²) in [5.74, 6) is -0.146. The van der Waals surface area contributed by atoms with Crippen LogP contribution in [0.2, 0.25) is 0 Å². The van der Waals surface area contributed by atoms with Gasteiger partial charge in [-0.15, -0.1) is 0 Å². The fraction of sp³-hybridized carbons (Fsp3) is 0.462. The van der Waals surface area contributed by atoms with E-state index >= 15 is 0 Å². The molecule has 1 fully saturated rings. The Morgan fingerprint density at radius 1 is 1.25 bits per heavy atom. The molecule has 110 valence electrons. The van der Waals surface area contributed by atoms with Crippen molar-refractivity contribution in [1.29, 1.82) is 0 Å². The van der Waals surface area contributed by atoms with Crippen molar-refractivity contribution in [3.8, 4) is 0 Å². The van der Waals surface area contributed by atoms with E-state index in [0.29, 0.717) is 28.7 Å². The lowest BCUT2D eigenvalue weighted by molar-refractivity contribution is 0.0724. The normalized spacial score (nSPS) is 16.2. The molecule has 1 saturated heterocycles. The first kappa shape index (κ1) is 15.8. The van der Waals surface area contributed by atoms with Crippen LogP contribution in [0.1, 0.15) is 35.2 Å². The lowest BCUT2D eigenvalue weighted by atomic mass is 10.1. The highest BCUT2D eigenvalue weighted by Gasteiger charge is 2.23.